The zero-order valence-corrected chi connectivity index (χ0v) is 17.5. The zero-order chi connectivity index (χ0) is 22.2. The van der Waals surface area contributed by atoms with Crippen LogP contribution in [0.25, 0.3) is 0 Å². The lowest BCUT2D eigenvalue weighted by Gasteiger charge is -2.04. The number of hydrogen-bond donors (Lipinski definition) is 1. The largest absolute Gasteiger partial charge is 0.464 e. The van der Waals surface area contributed by atoms with Gasteiger partial charge in [-0.2, -0.15) is 5.10 Å². The summed E-state index contributed by atoms with van der Waals surface area (Å²) in [7, 11) is 1.25. The number of esters is 1. The van der Waals surface area contributed by atoms with Crippen LogP contribution in [0.5, 0.6) is 0 Å². The maximum Gasteiger partial charge on any atom is 0.360 e. The van der Waals surface area contributed by atoms with Gasteiger partial charge < -0.3 is 10.1 Å². The molecule has 1 aromatic heterocycles. The van der Waals surface area contributed by atoms with E-state index in [0.29, 0.717) is 17.9 Å². The fraction of sp³-hybridized carbons (Fsp3) is 0.190. The third-order valence-corrected chi connectivity index (χ3v) is 5.32. The molecule has 3 aromatic rings. The molecule has 10 heteroatoms. The van der Waals surface area contributed by atoms with Gasteiger partial charge in [0, 0.05) is 29.8 Å². The van der Waals surface area contributed by atoms with Crippen LogP contribution in [-0.4, -0.2) is 39.4 Å². The number of hydrogen-bond acceptors (Lipinski definition) is 7. The number of ether oxygens (including phenoxy) is 1. The smallest absolute Gasteiger partial charge is 0.360 e. The number of amides is 1. The molecule has 0 saturated heterocycles. The Bertz CT molecular complexity index is 1070. The van der Waals surface area contributed by atoms with Gasteiger partial charge >= 0.3 is 5.97 Å². The van der Waals surface area contributed by atoms with Gasteiger partial charge in [0.2, 0.25) is 5.91 Å². The van der Waals surface area contributed by atoms with Crippen LogP contribution in [0, 0.1) is 10.1 Å². The molecule has 0 aliphatic rings. The van der Waals surface area contributed by atoms with E-state index in [-0.39, 0.29) is 28.7 Å². The van der Waals surface area contributed by atoms with Crippen LogP contribution in [0.3, 0.4) is 0 Å². The van der Waals surface area contributed by atoms with Crippen molar-refractivity contribution in [3.8, 4) is 0 Å². The standard InChI is InChI=1S/C21H20N4O5S/c1-30-21(27)20-18(13-24(23-20)12-11-15-5-3-2-4-6-15)22-19(26)14-31-17-9-7-16(8-10-17)25(28)29/h2-10,13H,11-12,14H2,1H3,(H,22,26). The number of benzene rings is 2. The summed E-state index contributed by atoms with van der Waals surface area (Å²) < 4.78 is 6.36. The van der Waals surface area contributed by atoms with Crippen molar-refractivity contribution in [1.82, 2.24) is 9.78 Å². The number of carbonyl (C=O) groups is 2. The Hall–Kier alpha value is -3.66. The van der Waals surface area contributed by atoms with Crippen molar-refractivity contribution in [3.05, 3.63) is 82.2 Å². The molecule has 160 valence electrons. The summed E-state index contributed by atoms with van der Waals surface area (Å²) in [5.74, 6) is -0.916. The minimum atomic E-state index is -0.642. The van der Waals surface area contributed by atoms with E-state index in [9.17, 15) is 19.7 Å². The lowest BCUT2D eigenvalue weighted by Crippen LogP contribution is -2.16. The number of aromatic nitrogens is 2. The van der Waals surface area contributed by atoms with Gasteiger partial charge in [-0.15, -0.1) is 11.8 Å². The maximum absolute atomic E-state index is 12.4. The van der Waals surface area contributed by atoms with Crippen LogP contribution >= 0.6 is 11.8 Å². The van der Waals surface area contributed by atoms with Gasteiger partial charge in [-0.3, -0.25) is 19.6 Å². The fourth-order valence-corrected chi connectivity index (χ4v) is 3.46. The van der Waals surface area contributed by atoms with E-state index in [2.05, 4.69) is 10.4 Å². The van der Waals surface area contributed by atoms with Gasteiger partial charge in [0.1, 0.15) is 0 Å². The molecule has 0 fully saturated rings. The Morgan fingerprint density at radius 2 is 1.87 bits per heavy atom. The first-order valence-electron chi connectivity index (χ1n) is 9.33. The van der Waals surface area contributed by atoms with E-state index in [4.69, 9.17) is 4.74 Å². The number of thioether (sulfide) groups is 1. The second-order valence-corrected chi connectivity index (χ2v) is 7.52. The molecule has 0 aliphatic heterocycles. The lowest BCUT2D eigenvalue weighted by molar-refractivity contribution is -0.384. The van der Waals surface area contributed by atoms with Crippen LogP contribution in [-0.2, 0) is 22.5 Å². The number of nitrogens with one attached hydrogen (secondary N) is 1. The maximum atomic E-state index is 12.4. The van der Waals surface area contributed by atoms with Crippen LogP contribution in [0.4, 0.5) is 11.4 Å². The summed E-state index contributed by atoms with van der Waals surface area (Å²) in [6, 6.07) is 15.8. The average Bonchev–Trinajstić information content (AvgIpc) is 3.19. The highest BCUT2D eigenvalue weighted by atomic mass is 32.2. The molecule has 0 unspecified atom stereocenters. The van der Waals surface area contributed by atoms with Gasteiger partial charge in [-0.1, -0.05) is 30.3 Å². The highest BCUT2D eigenvalue weighted by Gasteiger charge is 2.19. The predicted octanol–water partition coefficient (Wildman–Crippen LogP) is 3.55. The zero-order valence-electron chi connectivity index (χ0n) is 16.7. The molecule has 9 nitrogen and oxygen atoms in total. The molecule has 31 heavy (non-hydrogen) atoms. The molecule has 0 aliphatic carbocycles. The molecule has 1 N–H and O–H groups in total. The number of rotatable bonds is 9. The Labute approximate surface area is 182 Å². The Morgan fingerprint density at radius 3 is 2.52 bits per heavy atom. The van der Waals surface area contributed by atoms with Crippen molar-refractivity contribution in [3.63, 3.8) is 0 Å². The first-order chi connectivity index (χ1) is 15.0. The number of methoxy groups -OCH3 is 1. The Morgan fingerprint density at radius 1 is 1.16 bits per heavy atom. The van der Waals surface area contributed by atoms with E-state index in [1.807, 2.05) is 30.3 Å². The third kappa shape index (κ3) is 6.16. The van der Waals surface area contributed by atoms with E-state index >= 15 is 0 Å². The number of anilines is 1. The van der Waals surface area contributed by atoms with E-state index in [0.717, 1.165) is 5.56 Å². The van der Waals surface area contributed by atoms with E-state index in [1.165, 1.54) is 31.0 Å². The third-order valence-electron chi connectivity index (χ3n) is 4.30. The van der Waals surface area contributed by atoms with E-state index < -0.39 is 10.9 Å². The Balaban J connectivity index is 1.63. The quantitative estimate of drug-likeness (QED) is 0.234. The van der Waals surface area contributed by atoms with Crippen molar-refractivity contribution in [1.29, 1.82) is 0 Å². The van der Waals surface area contributed by atoms with Crippen molar-refractivity contribution >= 4 is 35.0 Å². The number of nitro groups is 1. The SMILES string of the molecule is COC(=O)c1nn(CCc2ccccc2)cc1NC(=O)CSc1ccc([N+](=O)[O-])cc1. The number of nitrogens with zero attached hydrogens (tertiary/aromatic N) is 3. The predicted molar refractivity (Wildman–Crippen MR) is 116 cm³/mol. The van der Waals surface area contributed by atoms with Gasteiger partial charge in [-0.25, -0.2) is 4.79 Å². The summed E-state index contributed by atoms with van der Waals surface area (Å²) in [6.45, 7) is 0.529. The van der Waals surface area contributed by atoms with Crippen molar-refractivity contribution in [2.24, 2.45) is 0 Å². The minimum absolute atomic E-state index is 0.0144. The van der Waals surface area contributed by atoms with Crippen LogP contribution in [0.2, 0.25) is 0 Å². The number of aryl methyl sites for hydroxylation is 2. The first kappa shape index (κ1) is 22.0. The molecule has 0 bridgehead atoms. The average molecular weight is 440 g/mol. The van der Waals surface area contributed by atoms with Crippen LogP contribution in [0.1, 0.15) is 16.1 Å². The van der Waals surface area contributed by atoms with Crippen LogP contribution < -0.4 is 5.32 Å². The van der Waals surface area contributed by atoms with Crippen molar-refractivity contribution in [2.75, 3.05) is 18.2 Å². The molecule has 0 saturated carbocycles. The molecule has 1 amide bonds. The second kappa shape index (κ2) is 10.4. The van der Waals surface area contributed by atoms with Gasteiger partial charge in [-0.05, 0) is 24.1 Å². The topological polar surface area (TPSA) is 116 Å². The summed E-state index contributed by atoms with van der Waals surface area (Å²) in [4.78, 5) is 35.4. The highest BCUT2D eigenvalue weighted by Crippen LogP contribution is 2.22. The summed E-state index contributed by atoms with van der Waals surface area (Å²) in [5.41, 5.74) is 1.42. The van der Waals surface area contributed by atoms with Gasteiger partial charge in [0.05, 0.1) is 23.5 Å². The van der Waals surface area contributed by atoms with Crippen LogP contribution in [0.15, 0.2) is 65.7 Å². The minimum Gasteiger partial charge on any atom is -0.464 e. The summed E-state index contributed by atoms with van der Waals surface area (Å²) in [6.07, 6.45) is 2.32. The summed E-state index contributed by atoms with van der Waals surface area (Å²) >= 11 is 1.22. The van der Waals surface area contributed by atoms with Gasteiger partial charge in [0.25, 0.3) is 5.69 Å². The molecule has 0 radical (unpaired) electrons. The Kier molecular flexibility index (Phi) is 7.39. The first-order valence-corrected chi connectivity index (χ1v) is 10.3. The molecule has 1 heterocycles. The molecule has 0 spiro atoms. The second-order valence-electron chi connectivity index (χ2n) is 6.47. The molecule has 3 rings (SSSR count). The fourth-order valence-electron chi connectivity index (χ4n) is 2.76. The highest BCUT2D eigenvalue weighted by molar-refractivity contribution is 8.00. The number of nitro benzene ring substituents is 1. The lowest BCUT2D eigenvalue weighted by atomic mass is 10.1. The monoisotopic (exact) mass is 440 g/mol. The van der Waals surface area contributed by atoms with Crippen molar-refractivity contribution < 1.29 is 19.2 Å². The molecule has 2 aromatic carbocycles. The van der Waals surface area contributed by atoms with Gasteiger partial charge in [0.15, 0.2) is 5.69 Å². The number of non-ortho nitro benzene ring substituents is 1. The number of carbonyl (C=O) groups excluding carboxylic acids is 2. The normalized spacial score (nSPS) is 10.5. The van der Waals surface area contributed by atoms with Crippen molar-refractivity contribution in [2.45, 2.75) is 17.9 Å². The summed E-state index contributed by atoms with van der Waals surface area (Å²) in [5, 5.41) is 17.7. The molecular weight excluding hydrogens is 420 g/mol. The molecule has 0 atom stereocenters. The van der Waals surface area contributed by atoms with E-state index in [1.54, 1.807) is 23.0 Å². The molecular formula is C21H20N4O5S.